The first-order valence-electron chi connectivity index (χ1n) is 6.94. The number of aryl methyl sites for hydroxylation is 1. The van der Waals surface area contributed by atoms with Crippen LogP contribution in [0.4, 0.5) is 0 Å². The Hall–Kier alpha value is -2.53. The Morgan fingerprint density at radius 2 is 2.04 bits per heavy atom. The fraction of sp³-hybridized carbons (Fsp3) is 0.176. The van der Waals surface area contributed by atoms with Crippen LogP contribution in [-0.2, 0) is 4.79 Å². The largest absolute Gasteiger partial charge is 0.496 e. The molecule has 0 fully saturated rings. The van der Waals surface area contributed by atoms with E-state index in [0.29, 0.717) is 10.8 Å². The van der Waals surface area contributed by atoms with Gasteiger partial charge in [0, 0.05) is 0 Å². The SMILES string of the molecule is COc1ccc(/C=N/NC(=O)COc2ccccc2Cl)cc1C. The van der Waals surface area contributed by atoms with Gasteiger partial charge < -0.3 is 9.47 Å². The van der Waals surface area contributed by atoms with Gasteiger partial charge in [-0.3, -0.25) is 4.79 Å². The normalized spacial score (nSPS) is 10.6. The van der Waals surface area contributed by atoms with E-state index < -0.39 is 0 Å². The maximum atomic E-state index is 11.7. The molecule has 0 aliphatic heterocycles. The molecule has 0 spiro atoms. The van der Waals surface area contributed by atoms with Crippen molar-refractivity contribution in [2.24, 2.45) is 5.10 Å². The highest BCUT2D eigenvalue weighted by molar-refractivity contribution is 6.32. The zero-order chi connectivity index (χ0) is 16.7. The molecule has 0 aliphatic rings. The Morgan fingerprint density at radius 1 is 1.26 bits per heavy atom. The minimum atomic E-state index is -0.369. The second-order valence-corrected chi connectivity index (χ2v) is 5.15. The quantitative estimate of drug-likeness (QED) is 0.653. The topological polar surface area (TPSA) is 59.9 Å². The maximum Gasteiger partial charge on any atom is 0.277 e. The van der Waals surface area contributed by atoms with Crippen LogP contribution in [0.25, 0.3) is 0 Å². The second kappa shape index (κ2) is 8.19. The van der Waals surface area contributed by atoms with E-state index >= 15 is 0 Å². The average Bonchev–Trinajstić information content (AvgIpc) is 2.54. The summed E-state index contributed by atoms with van der Waals surface area (Å²) in [7, 11) is 1.62. The summed E-state index contributed by atoms with van der Waals surface area (Å²) < 4.78 is 10.5. The molecule has 1 amide bonds. The number of nitrogens with one attached hydrogen (secondary N) is 1. The van der Waals surface area contributed by atoms with Crippen LogP contribution in [0.2, 0.25) is 5.02 Å². The van der Waals surface area contributed by atoms with Crippen LogP contribution in [0.5, 0.6) is 11.5 Å². The van der Waals surface area contributed by atoms with Crippen LogP contribution in [0.1, 0.15) is 11.1 Å². The smallest absolute Gasteiger partial charge is 0.277 e. The van der Waals surface area contributed by atoms with Crippen molar-refractivity contribution in [1.29, 1.82) is 0 Å². The number of halogens is 1. The number of hydrogen-bond acceptors (Lipinski definition) is 4. The Kier molecular flexibility index (Phi) is 6.00. The number of carbonyl (C=O) groups excluding carboxylic acids is 1. The van der Waals surface area contributed by atoms with Crippen molar-refractivity contribution in [2.75, 3.05) is 13.7 Å². The molecule has 2 rings (SSSR count). The molecule has 1 N–H and O–H groups in total. The van der Waals surface area contributed by atoms with Crippen LogP contribution in [0, 0.1) is 6.92 Å². The first kappa shape index (κ1) is 16.8. The molecule has 2 aromatic rings. The van der Waals surface area contributed by atoms with E-state index in [4.69, 9.17) is 21.1 Å². The van der Waals surface area contributed by atoms with E-state index in [1.165, 1.54) is 0 Å². The predicted octanol–water partition coefficient (Wildman–Crippen LogP) is 3.19. The Bertz CT molecular complexity index is 717. The maximum absolute atomic E-state index is 11.7. The van der Waals surface area contributed by atoms with Gasteiger partial charge in [0.1, 0.15) is 11.5 Å². The van der Waals surface area contributed by atoms with E-state index in [9.17, 15) is 4.79 Å². The third kappa shape index (κ3) is 5.00. The van der Waals surface area contributed by atoms with Crippen molar-refractivity contribution < 1.29 is 14.3 Å². The molecule has 23 heavy (non-hydrogen) atoms. The van der Waals surface area contributed by atoms with Gasteiger partial charge in [-0.15, -0.1) is 0 Å². The Labute approximate surface area is 139 Å². The van der Waals surface area contributed by atoms with Crippen LogP contribution >= 0.6 is 11.6 Å². The molecule has 0 saturated carbocycles. The van der Waals surface area contributed by atoms with E-state index in [-0.39, 0.29) is 12.5 Å². The van der Waals surface area contributed by atoms with E-state index in [0.717, 1.165) is 16.9 Å². The predicted molar refractivity (Wildman–Crippen MR) is 90.4 cm³/mol. The van der Waals surface area contributed by atoms with Gasteiger partial charge in [0.05, 0.1) is 18.3 Å². The number of ether oxygens (including phenoxy) is 2. The molecule has 0 atom stereocenters. The molecule has 0 aromatic heterocycles. The molecule has 0 unspecified atom stereocenters. The summed E-state index contributed by atoms with van der Waals surface area (Å²) in [6.07, 6.45) is 1.56. The number of hydrogen-bond donors (Lipinski definition) is 1. The Balaban J connectivity index is 1.84. The molecular formula is C17H17ClN2O3. The van der Waals surface area contributed by atoms with Gasteiger partial charge in [0.2, 0.25) is 0 Å². The first-order valence-corrected chi connectivity index (χ1v) is 7.32. The molecule has 120 valence electrons. The average molecular weight is 333 g/mol. The molecule has 0 bridgehead atoms. The van der Waals surface area contributed by atoms with E-state index in [2.05, 4.69) is 10.5 Å². The third-order valence-electron chi connectivity index (χ3n) is 3.02. The number of nitrogens with zero attached hydrogens (tertiary/aromatic N) is 1. The summed E-state index contributed by atoms with van der Waals surface area (Å²) in [5.74, 6) is 0.893. The van der Waals surface area contributed by atoms with Crippen LogP contribution in [0.3, 0.4) is 0 Å². The van der Waals surface area contributed by atoms with E-state index in [1.807, 2.05) is 25.1 Å². The highest BCUT2D eigenvalue weighted by Gasteiger charge is 2.04. The zero-order valence-corrected chi connectivity index (χ0v) is 13.6. The van der Waals surface area contributed by atoms with Crippen molar-refractivity contribution in [3.63, 3.8) is 0 Å². The lowest BCUT2D eigenvalue weighted by Gasteiger charge is -2.06. The van der Waals surface area contributed by atoms with Gasteiger partial charge in [-0.2, -0.15) is 5.10 Å². The summed E-state index contributed by atoms with van der Waals surface area (Å²) in [4.78, 5) is 11.7. The van der Waals surface area contributed by atoms with Gasteiger partial charge in [-0.25, -0.2) is 5.43 Å². The minimum absolute atomic E-state index is 0.164. The fourth-order valence-electron chi connectivity index (χ4n) is 1.90. The van der Waals surface area contributed by atoms with Gasteiger partial charge >= 0.3 is 0 Å². The van der Waals surface area contributed by atoms with Crippen molar-refractivity contribution in [3.8, 4) is 11.5 Å². The van der Waals surface area contributed by atoms with E-state index in [1.54, 1.807) is 37.6 Å². The molecule has 0 saturated heterocycles. The van der Waals surface area contributed by atoms with Gasteiger partial charge in [0.15, 0.2) is 6.61 Å². The highest BCUT2D eigenvalue weighted by atomic mass is 35.5. The molecule has 6 heteroatoms. The lowest BCUT2D eigenvalue weighted by molar-refractivity contribution is -0.123. The zero-order valence-electron chi connectivity index (χ0n) is 12.9. The number of rotatable bonds is 6. The minimum Gasteiger partial charge on any atom is -0.496 e. The highest BCUT2D eigenvalue weighted by Crippen LogP contribution is 2.22. The number of para-hydroxylation sites is 1. The summed E-state index contributed by atoms with van der Waals surface area (Å²) in [6, 6.07) is 12.6. The van der Waals surface area contributed by atoms with Gasteiger partial charge in [0.25, 0.3) is 5.91 Å². The molecule has 0 aliphatic carbocycles. The number of carbonyl (C=O) groups is 1. The van der Waals surface area contributed by atoms with Crippen molar-refractivity contribution in [1.82, 2.24) is 5.43 Å². The summed E-state index contributed by atoms with van der Waals surface area (Å²) >= 11 is 5.94. The first-order chi connectivity index (χ1) is 11.1. The van der Waals surface area contributed by atoms with Crippen molar-refractivity contribution in [2.45, 2.75) is 6.92 Å². The molecule has 0 radical (unpaired) electrons. The van der Waals surface area contributed by atoms with Gasteiger partial charge in [-0.1, -0.05) is 23.7 Å². The molecule has 5 nitrogen and oxygen atoms in total. The summed E-state index contributed by atoms with van der Waals surface area (Å²) in [5.41, 5.74) is 4.25. The fourth-order valence-corrected chi connectivity index (χ4v) is 2.09. The lowest BCUT2D eigenvalue weighted by Crippen LogP contribution is -2.24. The molecule has 0 heterocycles. The number of benzene rings is 2. The summed E-state index contributed by atoms with van der Waals surface area (Å²) in [6.45, 7) is 1.77. The molecular weight excluding hydrogens is 316 g/mol. The number of hydrazone groups is 1. The van der Waals surface area contributed by atoms with Crippen LogP contribution in [0.15, 0.2) is 47.6 Å². The Morgan fingerprint density at radius 3 is 2.74 bits per heavy atom. The third-order valence-corrected chi connectivity index (χ3v) is 3.33. The number of methoxy groups -OCH3 is 1. The second-order valence-electron chi connectivity index (χ2n) is 4.74. The standard InChI is InChI=1S/C17H17ClN2O3/c1-12-9-13(7-8-15(12)22-2)10-19-20-17(21)11-23-16-6-4-3-5-14(16)18/h3-10H,11H2,1-2H3,(H,20,21)/b19-10+. The summed E-state index contributed by atoms with van der Waals surface area (Å²) in [5, 5.41) is 4.35. The molecule has 2 aromatic carbocycles. The number of amides is 1. The lowest BCUT2D eigenvalue weighted by atomic mass is 10.1. The van der Waals surface area contributed by atoms with Crippen molar-refractivity contribution in [3.05, 3.63) is 58.6 Å². The van der Waals surface area contributed by atoms with Crippen LogP contribution < -0.4 is 14.9 Å². The van der Waals surface area contributed by atoms with Crippen LogP contribution in [-0.4, -0.2) is 25.8 Å². The van der Waals surface area contributed by atoms with Crippen molar-refractivity contribution >= 4 is 23.7 Å². The van der Waals surface area contributed by atoms with Gasteiger partial charge in [-0.05, 0) is 48.4 Å². The monoisotopic (exact) mass is 332 g/mol.